The highest BCUT2D eigenvalue weighted by molar-refractivity contribution is 7.09. The molecule has 1 N–H and O–H groups in total. The third-order valence-corrected chi connectivity index (χ3v) is 5.45. The molecule has 3 rings (SSSR count). The molecule has 0 aromatic carbocycles. The minimum absolute atomic E-state index is 0.0494. The lowest BCUT2D eigenvalue weighted by Crippen LogP contribution is -2.36. The highest BCUT2D eigenvalue weighted by Gasteiger charge is 2.39. The summed E-state index contributed by atoms with van der Waals surface area (Å²) >= 11 is 1.68. The maximum Gasteiger partial charge on any atom is 0.224 e. The summed E-state index contributed by atoms with van der Waals surface area (Å²) in [6.07, 6.45) is 3.30. The predicted molar refractivity (Wildman–Crippen MR) is 90.4 cm³/mol. The molecular formula is C16H23N5OS. The molecule has 2 atom stereocenters. The van der Waals surface area contributed by atoms with Crippen LogP contribution in [0.1, 0.15) is 34.4 Å². The number of thiazole rings is 1. The standard InChI is InChI=1S/C16H23N5OS/c1-10-13(8-18-21(10)4)16-14(7-15(22)20(16)3)17-6-5-12-9-23-11(2)19-12/h8-9,14,16-17H,5-7H2,1-4H3/t14-,16+/m1/s1. The van der Waals surface area contributed by atoms with Crippen molar-refractivity contribution in [2.24, 2.45) is 7.05 Å². The van der Waals surface area contributed by atoms with E-state index in [2.05, 4.69) is 20.8 Å². The summed E-state index contributed by atoms with van der Waals surface area (Å²) in [5.74, 6) is 0.181. The quantitative estimate of drug-likeness (QED) is 0.903. The van der Waals surface area contributed by atoms with Crippen LogP contribution < -0.4 is 5.32 Å². The third kappa shape index (κ3) is 3.16. The topological polar surface area (TPSA) is 63.1 Å². The summed E-state index contributed by atoms with van der Waals surface area (Å²) in [5, 5.41) is 11.1. The molecule has 1 aliphatic heterocycles. The zero-order valence-corrected chi connectivity index (χ0v) is 14.9. The zero-order valence-electron chi connectivity index (χ0n) is 14.0. The van der Waals surface area contributed by atoms with Crippen LogP contribution in [0.15, 0.2) is 11.6 Å². The molecule has 23 heavy (non-hydrogen) atoms. The van der Waals surface area contributed by atoms with Crippen LogP contribution in [-0.2, 0) is 18.3 Å². The number of nitrogens with one attached hydrogen (secondary N) is 1. The van der Waals surface area contributed by atoms with E-state index in [1.165, 1.54) is 0 Å². The summed E-state index contributed by atoms with van der Waals surface area (Å²) < 4.78 is 1.86. The summed E-state index contributed by atoms with van der Waals surface area (Å²) in [6, 6.07) is 0.170. The molecule has 0 bridgehead atoms. The average Bonchev–Trinajstić information content (AvgIpc) is 3.14. The van der Waals surface area contributed by atoms with Crippen LogP contribution in [0.5, 0.6) is 0 Å². The molecular weight excluding hydrogens is 310 g/mol. The van der Waals surface area contributed by atoms with Crippen LogP contribution >= 0.6 is 11.3 Å². The Labute approximate surface area is 140 Å². The first-order valence-corrected chi connectivity index (χ1v) is 8.74. The number of carbonyl (C=O) groups is 1. The molecule has 0 radical (unpaired) electrons. The number of rotatable bonds is 5. The van der Waals surface area contributed by atoms with Gasteiger partial charge in [0.15, 0.2) is 0 Å². The van der Waals surface area contributed by atoms with Gasteiger partial charge in [0.1, 0.15) is 0 Å². The Kier molecular flexibility index (Phi) is 4.50. The minimum Gasteiger partial charge on any atom is -0.337 e. The maximum absolute atomic E-state index is 12.2. The third-order valence-electron chi connectivity index (χ3n) is 4.63. The lowest BCUT2D eigenvalue weighted by atomic mass is 10.0. The van der Waals surface area contributed by atoms with Gasteiger partial charge in [0, 0.05) is 56.2 Å². The Bertz CT molecular complexity index is 707. The zero-order chi connectivity index (χ0) is 16.6. The highest BCUT2D eigenvalue weighted by atomic mass is 32.1. The van der Waals surface area contributed by atoms with Gasteiger partial charge in [-0.05, 0) is 13.8 Å². The molecule has 124 valence electrons. The van der Waals surface area contributed by atoms with E-state index in [1.807, 2.05) is 43.7 Å². The molecule has 3 heterocycles. The molecule has 2 aromatic rings. The minimum atomic E-state index is 0.0494. The molecule has 1 aliphatic rings. The van der Waals surface area contributed by atoms with Crippen LogP contribution in [0.4, 0.5) is 0 Å². The molecule has 0 unspecified atom stereocenters. The van der Waals surface area contributed by atoms with E-state index in [4.69, 9.17) is 0 Å². The van der Waals surface area contributed by atoms with Crippen molar-refractivity contribution >= 4 is 17.2 Å². The predicted octanol–water partition coefficient (Wildman–Crippen LogP) is 1.60. The van der Waals surface area contributed by atoms with Gasteiger partial charge in [-0.2, -0.15) is 5.10 Å². The van der Waals surface area contributed by atoms with Crippen LogP contribution in [-0.4, -0.2) is 45.2 Å². The Morgan fingerprint density at radius 1 is 1.39 bits per heavy atom. The molecule has 2 aromatic heterocycles. The van der Waals surface area contributed by atoms with Gasteiger partial charge in [-0.3, -0.25) is 9.48 Å². The van der Waals surface area contributed by atoms with Gasteiger partial charge in [0.25, 0.3) is 0 Å². The molecule has 0 saturated carbocycles. The highest BCUT2D eigenvalue weighted by Crippen LogP contribution is 2.33. The first kappa shape index (κ1) is 16.1. The normalized spacial score (nSPS) is 21.4. The van der Waals surface area contributed by atoms with Gasteiger partial charge in [-0.1, -0.05) is 0 Å². The molecule has 6 nitrogen and oxygen atoms in total. The first-order chi connectivity index (χ1) is 11.0. The van der Waals surface area contributed by atoms with Crippen molar-refractivity contribution in [3.8, 4) is 0 Å². The number of likely N-dealkylation sites (tertiary alicyclic amines) is 1. The van der Waals surface area contributed by atoms with E-state index < -0.39 is 0 Å². The molecule has 0 aliphatic carbocycles. The van der Waals surface area contributed by atoms with E-state index in [1.54, 1.807) is 11.3 Å². The fourth-order valence-corrected chi connectivity index (χ4v) is 3.84. The van der Waals surface area contributed by atoms with Crippen LogP contribution in [0.2, 0.25) is 0 Å². The summed E-state index contributed by atoms with van der Waals surface area (Å²) in [5.41, 5.74) is 3.35. The van der Waals surface area contributed by atoms with Crippen molar-refractivity contribution in [1.82, 2.24) is 25.0 Å². The number of hydrogen-bond acceptors (Lipinski definition) is 5. The van der Waals surface area contributed by atoms with E-state index in [0.717, 1.165) is 34.9 Å². The first-order valence-electron chi connectivity index (χ1n) is 7.86. The smallest absolute Gasteiger partial charge is 0.224 e. The van der Waals surface area contributed by atoms with Crippen molar-refractivity contribution < 1.29 is 4.79 Å². The van der Waals surface area contributed by atoms with Crippen molar-refractivity contribution in [3.63, 3.8) is 0 Å². The Morgan fingerprint density at radius 3 is 2.78 bits per heavy atom. The number of aryl methyl sites for hydroxylation is 2. The van der Waals surface area contributed by atoms with Gasteiger partial charge >= 0.3 is 0 Å². The van der Waals surface area contributed by atoms with Crippen molar-refractivity contribution in [2.75, 3.05) is 13.6 Å². The van der Waals surface area contributed by atoms with Crippen molar-refractivity contribution in [3.05, 3.63) is 33.5 Å². The lowest BCUT2D eigenvalue weighted by Gasteiger charge is -2.25. The molecule has 1 fully saturated rings. The Hall–Kier alpha value is -1.73. The van der Waals surface area contributed by atoms with Gasteiger partial charge < -0.3 is 10.2 Å². The fraction of sp³-hybridized carbons (Fsp3) is 0.562. The van der Waals surface area contributed by atoms with Crippen LogP contribution in [0.25, 0.3) is 0 Å². The number of hydrogen-bond donors (Lipinski definition) is 1. The number of likely N-dealkylation sites (N-methyl/N-ethyl adjacent to an activating group) is 1. The van der Waals surface area contributed by atoms with Gasteiger partial charge in [-0.25, -0.2) is 4.98 Å². The number of nitrogens with zero attached hydrogens (tertiary/aromatic N) is 4. The maximum atomic E-state index is 12.2. The van der Waals surface area contributed by atoms with Gasteiger partial charge in [0.2, 0.25) is 5.91 Å². The van der Waals surface area contributed by atoms with Gasteiger partial charge in [-0.15, -0.1) is 11.3 Å². The largest absolute Gasteiger partial charge is 0.337 e. The summed E-state index contributed by atoms with van der Waals surface area (Å²) in [4.78, 5) is 18.5. The van der Waals surface area contributed by atoms with E-state index in [0.29, 0.717) is 6.42 Å². The fourth-order valence-electron chi connectivity index (χ4n) is 3.19. The summed E-state index contributed by atoms with van der Waals surface area (Å²) in [7, 11) is 3.81. The van der Waals surface area contributed by atoms with E-state index in [-0.39, 0.29) is 18.0 Å². The second kappa shape index (κ2) is 6.41. The van der Waals surface area contributed by atoms with E-state index in [9.17, 15) is 4.79 Å². The molecule has 0 spiro atoms. The SMILES string of the molecule is Cc1nc(CCN[C@@H]2CC(=O)N(C)[C@H]2c2cnn(C)c2C)cs1. The molecule has 1 amide bonds. The van der Waals surface area contributed by atoms with Crippen molar-refractivity contribution in [1.29, 1.82) is 0 Å². The second-order valence-electron chi connectivity index (χ2n) is 6.13. The summed E-state index contributed by atoms with van der Waals surface area (Å²) in [6.45, 7) is 4.90. The van der Waals surface area contributed by atoms with Crippen molar-refractivity contribution in [2.45, 2.75) is 38.8 Å². The molecule has 1 saturated heterocycles. The Morgan fingerprint density at radius 2 is 2.17 bits per heavy atom. The number of aromatic nitrogens is 3. The monoisotopic (exact) mass is 333 g/mol. The number of carbonyl (C=O) groups excluding carboxylic acids is 1. The van der Waals surface area contributed by atoms with Gasteiger partial charge in [0.05, 0.1) is 22.9 Å². The second-order valence-corrected chi connectivity index (χ2v) is 7.19. The molecule has 7 heteroatoms. The van der Waals surface area contributed by atoms with Crippen LogP contribution in [0, 0.1) is 13.8 Å². The Balaban J connectivity index is 1.69. The van der Waals surface area contributed by atoms with Crippen LogP contribution in [0.3, 0.4) is 0 Å². The lowest BCUT2D eigenvalue weighted by molar-refractivity contribution is -0.127. The average molecular weight is 333 g/mol. The van der Waals surface area contributed by atoms with E-state index >= 15 is 0 Å². The number of amides is 1.